The van der Waals surface area contributed by atoms with E-state index in [1.807, 2.05) is 26.0 Å². The third kappa shape index (κ3) is 3.02. The molecule has 100 valence electrons. The molecular weight excluding hydrogens is 324 g/mol. The van der Waals surface area contributed by atoms with Crippen LogP contribution in [0.25, 0.3) is 0 Å². The van der Waals surface area contributed by atoms with E-state index in [1.54, 1.807) is 6.07 Å². The molecule has 0 bridgehead atoms. The number of hydrogen-bond donors (Lipinski definition) is 1. The zero-order valence-corrected chi connectivity index (χ0v) is 13.5. The van der Waals surface area contributed by atoms with Gasteiger partial charge in [0.05, 0.1) is 5.02 Å². The topological polar surface area (TPSA) is 20.2 Å². The molecule has 2 aromatic carbocycles. The maximum atomic E-state index is 10.6. The van der Waals surface area contributed by atoms with Crippen LogP contribution >= 0.6 is 27.5 Å². The van der Waals surface area contributed by atoms with Crippen LogP contribution in [0.15, 0.2) is 34.8 Å². The highest BCUT2D eigenvalue weighted by atomic mass is 79.9. The summed E-state index contributed by atoms with van der Waals surface area (Å²) in [5.41, 5.74) is 5.18. The molecule has 0 aliphatic rings. The molecule has 1 N–H and O–H groups in total. The Morgan fingerprint density at radius 1 is 1.05 bits per heavy atom. The molecule has 2 aromatic rings. The van der Waals surface area contributed by atoms with Gasteiger partial charge in [-0.2, -0.15) is 0 Å². The highest BCUT2D eigenvalue weighted by Gasteiger charge is 2.16. The molecule has 0 spiro atoms. The Hall–Kier alpha value is -0.830. The molecule has 1 atom stereocenters. The molecule has 1 nitrogen and oxygen atoms in total. The Morgan fingerprint density at radius 3 is 2.16 bits per heavy atom. The van der Waals surface area contributed by atoms with E-state index >= 15 is 0 Å². The summed E-state index contributed by atoms with van der Waals surface area (Å²) in [6.07, 6.45) is -0.647. The van der Waals surface area contributed by atoms with Crippen molar-refractivity contribution in [2.24, 2.45) is 0 Å². The molecule has 0 aliphatic carbocycles. The standard InChI is InChI=1S/C16H16BrClO/c1-9-6-10(2)15(11(3)7-9)16(19)12-4-5-13(17)14(18)8-12/h4-8,16,19H,1-3H3. The van der Waals surface area contributed by atoms with E-state index < -0.39 is 6.10 Å². The van der Waals surface area contributed by atoms with Gasteiger partial charge in [-0.1, -0.05) is 35.4 Å². The van der Waals surface area contributed by atoms with Crippen molar-refractivity contribution in [3.63, 3.8) is 0 Å². The average molecular weight is 340 g/mol. The Balaban J connectivity index is 2.49. The third-order valence-electron chi connectivity index (χ3n) is 3.27. The second-order valence-corrected chi connectivity index (χ2v) is 6.15. The van der Waals surface area contributed by atoms with Gasteiger partial charge in [-0.25, -0.2) is 0 Å². The van der Waals surface area contributed by atoms with E-state index in [9.17, 15) is 5.11 Å². The van der Waals surface area contributed by atoms with Crippen LogP contribution in [0.5, 0.6) is 0 Å². The predicted octanol–water partition coefficient (Wildman–Crippen LogP) is 5.11. The summed E-state index contributed by atoms with van der Waals surface area (Å²) >= 11 is 9.45. The van der Waals surface area contributed by atoms with Crippen molar-refractivity contribution in [3.8, 4) is 0 Å². The zero-order chi connectivity index (χ0) is 14.2. The van der Waals surface area contributed by atoms with Crippen molar-refractivity contribution < 1.29 is 5.11 Å². The first-order chi connectivity index (χ1) is 8.90. The highest BCUT2D eigenvalue weighted by Crippen LogP contribution is 2.32. The summed E-state index contributed by atoms with van der Waals surface area (Å²) in [4.78, 5) is 0. The molecule has 0 saturated heterocycles. The Morgan fingerprint density at radius 2 is 1.63 bits per heavy atom. The van der Waals surface area contributed by atoms with E-state index in [0.717, 1.165) is 26.7 Å². The molecule has 0 saturated carbocycles. The summed E-state index contributed by atoms with van der Waals surface area (Å²) < 4.78 is 0.836. The van der Waals surface area contributed by atoms with Gasteiger partial charge in [0, 0.05) is 4.47 Å². The van der Waals surface area contributed by atoms with Gasteiger partial charge < -0.3 is 5.11 Å². The fraction of sp³-hybridized carbons (Fsp3) is 0.250. The molecule has 1 unspecified atom stereocenters. The molecule has 0 radical (unpaired) electrons. The van der Waals surface area contributed by atoms with Crippen LogP contribution < -0.4 is 0 Å². The number of aliphatic hydroxyl groups is 1. The second kappa shape index (κ2) is 5.66. The molecular formula is C16H16BrClO. The lowest BCUT2D eigenvalue weighted by Gasteiger charge is -2.18. The van der Waals surface area contributed by atoms with Crippen molar-refractivity contribution in [3.05, 3.63) is 67.6 Å². The minimum atomic E-state index is -0.647. The molecule has 0 fully saturated rings. The van der Waals surface area contributed by atoms with Crippen LogP contribution in [0.4, 0.5) is 0 Å². The Labute approximate surface area is 127 Å². The second-order valence-electron chi connectivity index (χ2n) is 4.89. The lowest BCUT2D eigenvalue weighted by molar-refractivity contribution is 0.219. The number of aryl methyl sites for hydroxylation is 3. The van der Waals surface area contributed by atoms with Crippen LogP contribution in [0.2, 0.25) is 5.02 Å². The quantitative estimate of drug-likeness (QED) is 0.806. The average Bonchev–Trinajstić information content (AvgIpc) is 2.31. The van der Waals surface area contributed by atoms with Crippen LogP contribution in [0, 0.1) is 20.8 Å². The number of aliphatic hydroxyl groups excluding tert-OH is 1. The number of rotatable bonds is 2. The van der Waals surface area contributed by atoms with E-state index in [1.165, 1.54) is 5.56 Å². The molecule has 0 aromatic heterocycles. The first-order valence-corrected chi connectivity index (χ1v) is 7.28. The molecule has 0 heterocycles. The van der Waals surface area contributed by atoms with Crippen molar-refractivity contribution >= 4 is 27.5 Å². The Kier molecular flexibility index (Phi) is 4.34. The van der Waals surface area contributed by atoms with Crippen molar-refractivity contribution in [2.45, 2.75) is 26.9 Å². The van der Waals surface area contributed by atoms with E-state index in [4.69, 9.17) is 11.6 Å². The largest absolute Gasteiger partial charge is 0.384 e. The van der Waals surface area contributed by atoms with Crippen LogP contribution in [0.1, 0.15) is 33.9 Å². The maximum absolute atomic E-state index is 10.6. The van der Waals surface area contributed by atoms with Gasteiger partial charge in [-0.15, -0.1) is 0 Å². The summed E-state index contributed by atoms with van der Waals surface area (Å²) in [5, 5.41) is 11.2. The van der Waals surface area contributed by atoms with Gasteiger partial charge >= 0.3 is 0 Å². The van der Waals surface area contributed by atoms with Gasteiger partial charge in [0.25, 0.3) is 0 Å². The van der Waals surface area contributed by atoms with Crippen molar-refractivity contribution in [2.75, 3.05) is 0 Å². The van der Waals surface area contributed by atoms with E-state index in [2.05, 4.69) is 35.0 Å². The highest BCUT2D eigenvalue weighted by molar-refractivity contribution is 9.10. The predicted molar refractivity (Wildman–Crippen MR) is 83.9 cm³/mol. The molecule has 0 aliphatic heterocycles. The van der Waals surface area contributed by atoms with E-state index in [-0.39, 0.29) is 0 Å². The van der Waals surface area contributed by atoms with Gasteiger partial charge in [0.15, 0.2) is 0 Å². The summed E-state index contributed by atoms with van der Waals surface area (Å²) in [6.45, 7) is 6.12. The third-order valence-corrected chi connectivity index (χ3v) is 4.50. The molecule has 3 heteroatoms. The fourth-order valence-electron chi connectivity index (χ4n) is 2.47. The van der Waals surface area contributed by atoms with Gasteiger partial charge in [0.2, 0.25) is 0 Å². The maximum Gasteiger partial charge on any atom is 0.105 e. The smallest absolute Gasteiger partial charge is 0.105 e. The van der Waals surface area contributed by atoms with Gasteiger partial charge in [-0.3, -0.25) is 0 Å². The first-order valence-electron chi connectivity index (χ1n) is 6.11. The number of halogens is 2. The molecule has 19 heavy (non-hydrogen) atoms. The minimum Gasteiger partial charge on any atom is -0.384 e. The SMILES string of the molecule is Cc1cc(C)c(C(O)c2ccc(Br)c(Cl)c2)c(C)c1. The van der Waals surface area contributed by atoms with Crippen LogP contribution in [-0.2, 0) is 0 Å². The van der Waals surface area contributed by atoms with Crippen molar-refractivity contribution in [1.82, 2.24) is 0 Å². The van der Waals surface area contributed by atoms with Crippen LogP contribution in [0.3, 0.4) is 0 Å². The van der Waals surface area contributed by atoms with Gasteiger partial charge in [0.1, 0.15) is 6.10 Å². The molecule has 0 amide bonds. The number of benzene rings is 2. The summed E-state index contributed by atoms with van der Waals surface area (Å²) in [6, 6.07) is 9.73. The van der Waals surface area contributed by atoms with E-state index in [0.29, 0.717) is 5.02 Å². The first kappa shape index (κ1) is 14.6. The summed E-state index contributed by atoms with van der Waals surface area (Å²) in [7, 11) is 0. The fourth-order valence-corrected chi connectivity index (χ4v) is 2.91. The monoisotopic (exact) mass is 338 g/mol. The lowest BCUT2D eigenvalue weighted by Crippen LogP contribution is -2.05. The lowest BCUT2D eigenvalue weighted by atomic mass is 9.92. The zero-order valence-electron chi connectivity index (χ0n) is 11.2. The number of hydrogen-bond acceptors (Lipinski definition) is 1. The molecule has 2 rings (SSSR count). The van der Waals surface area contributed by atoms with Crippen LogP contribution in [-0.4, -0.2) is 5.11 Å². The minimum absolute atomic E-state index is 0.610. The Bertz CT molecular complexity index is 599. The van der Waals surface area contributed by atoms with Gasteiger partial charge in [-0.05, 0) is 71.1 Å². The van der Waals surface area contributed by atoms with Crippen molar-refractivity contribution in [1.29, 1.82) is 0 Å². The summed E-state index contributed by atoms with van der Waals surface area (Å²) in [5.74, 6) is 0. The normalized spacial score (nSPS) is 12.5.